The number of nitrogens with zero attached hydrogens (tertiary/aromatic N) is 1. The number of aliphatic hydroxyl groups excluding tert-OH is 1. The van der Waals surface area contributed by atoms with E-state index < -0.39 is 0 Å². The summed E-state index contributed by atoms with van der Waals surface area (Å²) in [6.07, 6.45) is 0.773. The Morgan fingerprint density at radius 3 is 2.23 bits per heavy atom. The van der Waals surface area contributed by atoms with Gasteiger partial charge in [0.15, 0.2) is 0 Å². The van der Waals surface area contributed by atoms with E-state index >= 15 is 0 Å². The summed E-state index contributed by atoms with van der Waals surface area (Å²) in [5, 5.41) is 9.43. The molecule has 0 spiro atoms. The Kier molecular flexibility index (Phi) is 4.66. The summed E-state index contributed by atoms with van der Waals surface area (Å²) < 4.78 is 6.48. The fraction of sp³-hybridized carbons (Fsp3) is 1.00. The second-order valence-electron chi connectivity index (χ2n) is 4.74. The second kappa shape index (κ2) is 4.60. The first-order valence-corrected chi connectivity index (χ1v) is 4.52. The molecule has 1 aliphatic heterocycles. The summed E-state index contributed by atoms with van der Waals surface area (Å²) >= 11 is 0. The second-order valence-corrected chi connectivity index (χ2v) is 4.74. The van der Waals surface area contributed by atoms with Crippen LogP contribution in [0.15, 0.2) is 0 Å². The molecule has 0 unspecified atom stereocenters. The van der Waals surface area contributed by atoms with Gasteiger partial charge < -0.3 is 26.7 Å². The van der Waals surface area contributed by atoms with E-state index in [1.807, 2.05) is 6.92 Å². The zero-order valence-corrected chi connectivity index (χ0v) is 9.58. The Hall–Kier alpha value is 0.170. The number of aliphatic hydroxyl groups is 1. The predicted molar refractivity (Wildman–Crippen MR) is 47.9 cm³/mol. The number of hydrogen-bond acceptors (Lipinski definition) is 2. The Balaban J connectivity index is 0.00000144. The van der Waals surface area contributed by atoms with Gasteiger partial charge in [0.05, 0.1) is 33.4 Å². The monoisotopic (exact) mass is 209 g/mol. The van der Waals surface area contributed by atoms with Crippen molar-refractivity contribution < 1.29 is 26.7 Å². The first-order chi connectivity index (χ1) is 5.38. The van der Waals surface area contributed by atoms with Crippen molar-refractivity contribution >= 4 is 0 Å². The smallest absolute Gasteiger partial charge is 0.109 e. The fourth-order valence-corrected chi connectivity index (χ4v) is 1.64. The van der Waals surface area contributed by atoms with Crippen LogP contribution < -0.4 is 12.4 Å². The molecule has 13 heavy (non-hydrogen) atoms. The van der Waals surface area contributed by atoms with Crippen molar-refractivity contribution in [2.24, 2.45) is 0 Å². The normalized spacial score (nSPS) is 34.4. The highest BCUT2D eigenvalue weighted by Crippen LogP contribution is 2.21. The summed E-state index contributed by atoms with van der Waals surface area (Å²) in [6.45, 7) is 2.90. The lowest BCUT2D eigenvalue weighted by Gasteiger charge is -2.26. The molecule has 0 radical (unpaired) electrons. The van der Waals surface area contributed by atoms with Crippen LogP contribution in [-0.2, 0) is 4.74 Å². The Labute approximate surface area is 86.7 Å². The molecule has 3 atom stereocenters. The molecule has 0 aliphatic carbocycles. The minimum Gasteiger partial charge on any atom is -1.00 e. The van der Waals surface area contributed by atoms with Crippen molar-refractivity contribution in [2.45, 2.75) is 31.7 Å². The van der Waals surface area contributed by atoms with Gasteiger partial charge in [-0.15, -0.1) is 0 Å². The van der Waals surface area contributed by atoms with Gasteiger partial charge in [-0.1, -0.05) is 0 Å². The van der Waals surface area contributed by atoms with E-state index in [2.05, 4.69) is 21.1 Å². The minimum absolute atomic E-state index is 0. The van der Waals surface area contributed by atoms with Crippen molar-refractivity contribution in [3.63, 3.8) is 0 Å². The number of rotatable bonds is 2. The number of likely N-dealkylation sites (N-methyl/N-ethyl adjacent to an activating group) is 1. The van der Waals surface area contributed by atoms with Gasteiger partial charge in [-0.3, -0.25) is 0 Å². The average molecular weight is 210 g/mol. The van der Waals surface area contributed by atoms with Crippen molar-refractivity contribution in [3.8, 4) is 0 Å². The first kappa shape index (κ1) is 13.2. The molecule has 4 heteroatoms. The van der Waals surface area contributed by atoms with E-state index in [-0.39, 0.29) is 30.7 Å². The standard InChI is InChI=1S/C9H20NO2.ClH/c1-7-9(11)5-8(12-7)6-10(2,3)4;/h7-9,11H,5-6H2,1-4H3;1H/q+1;/p-1/t7-,8+,9-;/m1./s1. The fourth-order valence-electron chi connectivity index (χ4n) is 1.64. The van der Waals surface area contributed by atoms with Crippen LogP contribution in [-0.4, -0.2) is 55.6 Å². The molecule has 0 bridgehead atoms. The first-order valence-electron chi connectivity index (χ1n) is 4.52. The maximum absolute atomic E-state index is 9.43. The highest BCUT2D eigenvalue weighted by atomic mass is 35.5. The average Bonchev–Trinajstić information content (AvgIpc) is 2.07. The van der Waals surface area contributed by atoms with Gasteiger partial charge in [0.1, 0.15) is 12.6 Å². The molecule has 1 saturated heterocycles. The van der Waals surface area contributed by atoms with Gasteiger partial charge in [0.2, 0.25) is 0 Å². The van der Waals surface area contributed by atoms with E-state index in [4.69, 9.17) is 4.74 Å². The Morgan fingerprint density at radius 1 is 1.38 bits per heavy atom. The van der Waals surface area contributed by atoms with Crippen molar-refractivity contribution in [3.05, 3.63) is 0 Å². The van der Waals surface area contributed by atoms with Crippen LogP contribution in [0.25, 0.3) is 0 Å². The summed E-state index contributed by atoms with van der Waals surface area (Å²) in [4.78, 5) is 0. The summed E-state index contributed by atoms with van der Waals surface area (Å²) in [5.41, 5.74) is 0. The number of halogens is 1. The molecular weight excluding hydrogens is 190 g/mol. The lowest BCUT2D eigenvalue weighted by Crippen LogP contribution is -3.00. The molecule has 1 aliphatic rings. The quantitative estimate of drug-likeness (QED) is 0.500. The van der Waals surface area contributed by atoms with Gasteiger partial charge in [-0.25, -0.2) is 0 Å². The van der Waals surface area contributed by atoms with Crippen LogP contribution in [0.3, 0.4) is 0 Å². The lowest BCUT2D eigenvalue weighted by atomic mass is 10.1. The van der Waals surface area contributed by atoms with Crippen molar-refractivity contribution in [1.82, 2.24) is 0 Å². The lowest BCUT2D eigenvalue weighted by molar-refractivity contribution is -0.873. The molecule has 1 heterocycles. The van der Waals surface area contributed by atoms with E-state index in [9.17, 15) is 5.11 Å². The number of ether oxygens (including phenoxy) is 1. The van der Waals surface area contributed by atoms with Gasteiger partial charge >= 0.3 is 0 Å². The number of hydrogen-bond donors (Lipinski definition) is 1. The molecule has 0 saturated carbocycles. The zero-order valence-electron chi connectivity index (χ0n) is 8.83. The van der Waals surface area contributed by atoms with Crippen molar-refractivity contribution in [2.75, 3.05) is 27.7 Å². The predicted octanol–water partition coefficient (Wildman–Crippen LogP) is -2.77. The molecule has 0 amide bonds. The Bertz CT molecular complexity index is 148. The molecule has 3 nitrogen and oxygen atoms in total. The third-order valence-electron chi connectivity index (χ3n) is 2.20. The van der Waals surface area contributed by atoms with Crippen LogP contribution in [0.5, 0.6) is 0 Å². The SMILES string of the molecule is C[C@H]1O[C@H](C[N+](C)(C)C)C[C@H]1O.[Cl-]. The summed E-state index contributed by atoms with van der Waals surface area (Å²) in [5.74, 6) is 0. The van der Waals surface area contributed by atoms with Gasteiger partial charge in [-0.2, -0.15) is 0 Å². The third-order valence-corrected chi connectivity index (χ3v) is 2.20. The van der Waals surface area contributed by atoms with Crippen LogP contribution >= 0.6 is 0 Å². The summed E-state index contributed by atoms with van der Waals surface area (Å²) in [6, 6.07) is 0. The van der Waals surface area contributed by atoms with Gasteiger partial charge in [-0.05, 0) is 6.92 Å². The molecule has 1 N–H and O–H groups in total. The number of quaternary nitrogens is 1. The summed E-state index contributed by atoms with van der Waals surface area (Å²) in [7, 11) is 6.41. The topological polar surface area (TPSA) is 29.5 Å². The van der Waals surface area contributed by atoms with E-state index in [0.717, 1.165) is 17.4 Å². The third kappa shape index (κ3) is 4.27. The van der Waals surface area contributed by atoms with Crippen LogP contribution in [0.2, 0.25) is 0 Å². The molecule has 0 aromatic carbocycles. The molecule has 80 valence electrons. The van der Waals surface area contributed by atoms with E-state index in [0.29, 0.717) is 0 Å². The van der Waals surface area contributed by atoms with Crippen molar-refractivity contribution in [1.29, 1.82) is 0 Å². The highest BCUT2D eigenvalue weighted by Gasteiger charge is 2.33. The molecule has 1 fully saturated rings. The van der Waals surface area contributed by atoms with Crippen LogP contribution in [0.1, 0.15) is 13.3 Å². The zero-order chi connectivity index (χ0) is 9.35. The highest BCUT2D eigenvalue weighted by molar-refractivity contribution is 4.78. The molecule has 0 aromatic heterocycles. The van der Waals surface area contributed by atoms with Crippen LogP contribution in [0, 0.1) is 0 Å². The van der Waals surface area contributed by atoms with Gasteiger partial charge in [0.25, 0.3) is 0 Å². The minimum atomic E-state index is -0.262. The molecule has 0 aromatic rings. The Morgan fingerprint density at radius 2 is 1.92 bits per heavy atom. The molecular formula is C9H20ClNO2. The van der Waals surface area contributed by atoms with E-state index in [1.165, 1.54) is 0 Å². The largest absolute Gasteiger partial charge is 1.00 e. The molecule has 1 rings (SSSR count). The van der Waals surface area contributed by atoms with Crippen LogP contribution in [0.4, 0.5) is 0 Å². The maximum Gasteiger partial charge on any atom is 0.109 e. The van der Waals surface area contributed by atoms with Gasteiger partial charge in [0, 0.05) is 6.42 Å². The maximum atomic E-state index is 9.43. The van der Waals surface area contributed by atoms with E-state index in [1.54, 1.807) is 0 Å².